The van der Waals surface area contributed by atoms with Crippen LogP contribution in [-0.4, -0.2) is 96.9 Å². The summed E-state index contributed by atoms with van der Waals surface area (Å²) >= 11 is 2.79. The van der Waals surface area contributed by atoms with Crippen molar-refractivity contribution >= 4 is 71.6 Å². The average molecular weight is 902 g/mol. The quantitative estimate of drug-likeness (QED) is 0.0764. The highest BCUT2D eigenvalue weighted by molar-refractivity contribution is 7.99. The minimum Gasteiger partial charge on any atom is -0.381 e. The summed E-state index contributed by atoms with van der Waals surface area (Å²) in [6, 6.07) is 25.7. The van der Waals surface area contributed by atoms with E-state index < -0.39 is 38.0 Å². The number of morpholine rings is 1. The van der Waals surface area contributed by atoms with Gasteiger partial charge in [0.25, 0.3) is 5.91 Å². The van der Waals surface area contributed by atoms with Crippen molar-refractivity contribution in [1.82, 2.24) is 19.9 Å². The van der Waals surface area contributed by atoms with E-state index in [1.807, 2.05) is 53.4 Å². The van der Waals surface area contributed by atoms with Gasteiger partial charge in [-0.1, -0.05) is 47.7 Å². The van der Waals surface area contributed by atoms with Crippen molar-refractivity contribution in [3.63, 3.8) is 0 Å². The molecule has 18 heteroatoms. The highest BCUT2D eigenvalue weighted by Crippen LogP contribution is 2.38. The van der Waals surface area contributed by atoms with Crippen LogP contribution in [0.4, 0.5) is 29.8 Å². The molecule has 0 bridgehead atoms. The number of benzene rings is 3. The lowest BCUT2D eigenvalue weighted by Gasteiger charge is -2.31. The van der Waals surface area contributed by atoms with Crippen LogP contribution in [0.2, 0.25) is 0 Å². The molecule has 0 aliphatic carbocycles. The van der Waals surface area contributed by atoms with Crippen LogP contribution in [0.1, 0.15) is 44.0 Å². The van der Waals surface area contributed by atoms with Gasteiger partial charge in [0.1, 0.15) is 27.6 Å². The van der Waals surface area contributed by atoms with Gasteiger partial charge in [-0.2, -0.15) is 13.2 Å². The van der Waals surface area contributed by atoms with E-state index in [0.717, 1.165) is 41.2 Å². The van der Waals surface area contributed by atoms with Gasteiger partial charge in [0.2, 0.25) is 0 Å². The number of aromatic nitrogens is 3. The molecule has 1 amide bonds. The summed E-state index contributed by atoms with van der Waals surface area (Å²) in [7, 11) is -4.54. The summed E-state index contributed by atoms with van der Waals surface area (Å²) in [5.41, 5.74) is 1.35. The Bertz CT molecular complexity index is 2650. The molecule has 0 radical (unpaired) electrons. The maximum Gasteiger partial charge on any atom is 0.418 e. The fourth-order valence-electron chi connectivity index (χ4n) is 7.43. The third-order valence-electron chi connectivity index (χ3n) is 10.7. The molecule has 62 heavy (non-hydrogen) atoms. The fraction of sp³-hybridized carbons (Fsp3) is 0.295. The van der Waals surface area contributed by atoms with Crippen LogP contribution >= 0.6 is 23.1 Å². The number of rotatable bonds is 15. The molecule has 3 aromatic carbocycles. The molecule has 1 fully saturated rings. The lowest BCUT2D eigenvalue weighted by Crippen LogP contribution is -2.39. The van der Waals surface area contributed by atoms with Crippen LogP contribution in [0, 0.1) is 0 Å². The summed E-state index contributed by atoms with van der Waals surface area (Å²) < 4.78 is 76.8. The Morgan fingerprint density at radius 1 is 0.919 bits per heavy atom. The van der Waals surface area contributed by atoms with Crippen LogP contribution in [-0.2, 0) is 33.7 Å². The van der Waals surface area contributed by atoms with Gasteiger partial charge in [0, 0.05) is 66.9 Å². The molecule has 6 aromatic rings. The molecule has 5 heterocycles. The van der Waals surface area contributed by atoms with Crippen LogP contribution in [0.15, 0.2) is 113 Å². The predicted octanol–water partition coefficient (Wildman–Crippen LogP) is 7.87. The largest absolute Gasteiger partial charge is 0.418 e. The van der Waals surface area contributed by atoms with E-state index >= 15 is 0 Å². The van der Waals surface area contributed by atoms with Crippen molar-refractivity contribution in [3.05, 3.63) is 131 Å². The number of thiazole rings is 1. The number of anilines is 3. The van der Waals surface area contributed by atoms with Gasteiger partial charge < -0.3 is 15.0 Å². The summed E-state index contributed by atoms with van der Waals surface area (Å²) in [4.78, 5) is 45.5. The number of halogens is 3. The number of nitrogens with one attached hydrogen (secondary N) is 2. The number of carbonyl (C=O) groups excluding carboxylic acids is 2. The van der Waals surface area contributed by atoms with E-state index in [-0.39, 0.29) is 29.9 Å². The SMILES string of the molecule is O=C(CS(=O)(=O)c1ccc(N[C@H](CCN2CCOCC2)CSc2ccccc2)c(C(F)(F)F)c1)c1cccc(N2CCc3cccc(C(=O)Nc4nc5cccnc5s4)c3C2)n1. The summed E-state index contributed by atoms with van der Waals surface area (Å²) in [5, 5.41) is 6.37. The number of amides is 1. The maximum absolute atomic E-state index is 14.7. The van der Waals surface area contributed by atoms with Crippen molar-refractivity contribution in [3.8, 4) is 0 Å². The Hall–Kier alpha value is -5.40. The minimum atomic E-state index is -4.89. The standard InChI is InChI=1S/C44H42F3N7O5S3/c45-44(46,47)35-25-32(14-15-36(35)49-30(17-19-53-21-23-59-24-22-53)27-60-31-8-2-1-3-9-31)62(57,58)28-39(55)37-11-5-13-40(50-37)54-20-16-29-7-4-10-33(34(29)26-54)41(56)52-43-51-38-12-6-18-48-42(38)61-43/h1-15,18,25,30,49H,16-17,19-24,26-28H2,(H,51,52,56)/t30-/m1/s1. The van der Waals surface area contributed by atoms with Crippen molar-refractivity contribution in [2.24, 2.45) is 0 Å². The minimum absolute atomic E-state index is 0.152. The summed E-state index contributed by atoms with van der Waals surface area (Å²) in [5.74, 6) is -1.44. The van der Waals surface area contributed by atoms with E-state index in [2.05, 4.69) is 30.5 Å². The summed E-state index contributed by atoms with van der Waals surface area (Å²) in [6.07, 6.45) is -2.12. The average Bonchev–Trinajstić information content (AvgIpc) is 3.69. The van der Waals surface area contributed by atoms with Gasteiger partial charge in [-0.15, -0.1) is 11.8 Å². The molecule has 2 aliphatic rings. The van der Waals surface area contributed by atoms with E-state index in [1.165, 1.54) is 29.2 Å². The molecule has 12 nitrogen and oxygen atoms in total. The number of nitrogens with zero attached hydrogens (tertiary/aromatic N) is 5. The number of carbonyl (C=O) groups is 2. The van der Waals surface area contributed by atoms with Crippen molar-refractivity contribution in [1.29, 1.82) is 0 Å². The molecular weight excluding hydrogens is 860 g/mol. The third kappa shape index (κ3) is 10.4. The van der Waals surface area contributed by atoms with Crippen LogP contribution in [0.5, 0.6) is 0 Å². The van der Waals surface area contributed by atoms with E-state index in [0.29, 0.717) is 77.8 Å². The second-order valence-corrected chi connectivity index (χ2v) is 19.0. The van der Waals surface area contributed by atoms with Gasteiger partial charge in [0.05, 0.1) is 23.7 Å². The van der Waals surface area contributed by atoms with Crippen molar-refractivity contribution in [2.75, 3.05) is 66.4 Å². The second kappa shape index (κ2) is 18.9. The predicted molar refractivity (Wildman–Crippen MR) is 235 cm³/mol. The molecule has 0 saturated carbocycles. The highest BCUT2D eigenvalue weighted by Gasteiger charge is 2.36. The first-order chi connectivity index (χ1) is 29.9. The Labute approximate surface area is 364 Å². The zero-order valence-electron chi connectivity index (χ0n) is 33.3. The van der Waals surface area contributed by atoms with Crippen LogP contribution < -0.4 is 15.5 Å². The van der Waals surface area contributed by atoms with Gasteiger partial charge in [-0.25, -0.2) is 23.4 Å². The first-order valence-corrected chi connectivity index (χ1v) is 23.4. The number of ketones is 1. The van der Waals surface area contributed by atoms with Crippen LogP contribution in [0.3, 0.4) is 0 Å². The second-order valence-electron chi connectivity index (χ2n) is 14.9. The molecule has 2 N–H and O–H groups in total. The van der Waals surface area contributed by atoms with E-state index in [1.54, 1.807) is 30.5 Å². The zero-order chi connectivity index (χ0) is 43.3. The lowest BCUT2D eigenvalue weighted by atomic mass is 9.94. The molecule has 0 spiro atoms. The third-order valence-corrected chi connectivity index (χ3v) is 14.4. The van der Waals surface area contributed by atoms with Gasteiger partial charge in [-0.3, -0.25) is 19.8 Å². The molecule has 8 rings (SSSR count). The number of fused-ring (bicyclic) bond motifs is 2. The van der Waals surface area contributed by atoms with E-state index in [9.17, 15) is 31.2 Å². The number of thioether (sulfide) groups is 1. The number of pyridine rings is 2. The Kier molecular flexibility index (Phi) is 13.2. The monoisotopic (exact) mass is 901 g/mol. The zero-order valence-corrected chi connectivity index (χ0v) is 35.8. The van der Waals surface area contributed by atoms with Crippen molar-refractivity contribution < 1.29 is 35.9 Å². The maximum atomic E-state index is 14.7. The van der Waals surface area contributed by atoms with Crippen molar-refractivity contribution in [2.45, 2.75) is 41.4 Å². The number of sulfone groups is 1. The lowest BCUT2D eigenvalue weighted by molar-refractivity contribution is -0.137. The molecular formula is C44H42F3N7O5S3. The Morgan fingerprint density at radius 3 is 2.52 bits per heavy atom. The molecule has 3 aromatic heterocycles. The van der Waals surface area contributed by atoms with E-state index in [4.69, 9.17) is 4.74 Å². The van der Waals surface area contributed by atoms with Gasteiger partial charge >= 0.3 is 6.18 Å². The normalized spacial score (nSPS) is 15.2. The number of Topliss-reactive ketones (excluding diaryl/α,β-unsaturated/α-hetero) is 1. The van der Waals surface area contributed by atoms with Gasteiger partial charge in [-0.05, 0) is 84.6 Å². The number of ether oxygens (including phenoxy) is 1. The first-order valence-electron chi connectivity index (χ1n) is 20.0. The molecule has 2 aliphatic heterocycles. The smallest absolute Gasteiger partial charge is 0.381 e. The molecule has 0 unspecified atom stereocenters. The van der Waals surface area contributed by atoms with Gasteiger partial charge in [0.15, 0.2) is 20.8 Å². The summed E-state index contributed by atoms with van der Waals surface area (Å²) in [6.45, 7) is 4.09. The number of hydrogen-bond acceptors (Lipinski definition) is 13. The molecule has 1 atom stereocenters. The topological polar surface area (TPSA) is 147 Å². The number of hydrogen-bond donors (Lipinski definition) is 2. The Morgan fingerprint density at radius 2 is 1.73 bits per heavy atom. The number of alkyl halides is 3. The fourth-order valence-corrected chi connectivity index (χ4v) is 10.5. The van der Waals surface area contributed by atoms with Crippen LogP contribution in [0.25, 0.3) is 10.3 Å². The Balaban J connectivity index is 0.963. The molecule has 322 valence electrons. The molecule has 1 saturated heterocycles. The highest BCUT2D eigenvalue weighted by atomic mass is 32.2. The first kappa shape index (κ1) is 43.3.